The van der Waals surface area contributed by atoms with Crippen LogP contribution in [0.15, 0.2) is 29.3 Å². The van der Waals surface area contributed by atoms with Gasteiger partial charge < -0.3 is 5.32 Å². The highest BCUT2D eigenvalue weighted by atomic mass is 16.2. The van der Waals surface area contributed by atoms with Crippen molar-refractivity contribution < 1.29 is 4.79 Å². The van der Waals surface area contributed by atoms with Crippen LogP contribution in [0.3, 0.4) is 0 Å². The van der Waals surface area contributed by atoms with Crippen LogP contribution in [0.25, 0.3) is 0 Å². The number of carbonyl (C=O) groups excluding carboxylic acids is 1. The topological polar surface area (TPSA) is 41.5 Å². The van der Waals surface area contributed by atoms with E-state index in [2.05, 4.69) is 58.4 Å². The number of allylic oxidation sites excluding steroid dienone is 3. The summed E-state index contributed by atoms with van der Waals surface area (Å²) >= 11 is 0. The molecule has 0 bridgehead atoms. The zero-order chi connectivity index (χ0) is 20.2. The third-order valence-corrected chi connectivity index (χ3v) is 5.80. The van der Waals surface area contributed by atoms with E-state index in [1.807, 2.05) is 18.4 Å². The zero-order valence-corrected chi connectivity index (χ0v) is 18.3. The highest BCUT2D eigenvalue weighted by molar-refractivity contribution is 5.81. The molecule has 0 aliphatic carbocycles. The van der Waals surface area contributed by atoms with E-state index in [1.54, 1.807) is 7.05 Å². The molecule has 150 valence electrons. The maximum Gasteiger partial charge on any atom is 0.223 e. The van der Waals surface area contributed by atoms with E-state index in [0.717, 1.165) is 44.9 Å². The van der Waals surface area contributed by atoms with Gasteiger partial charge >= 0.3 is 0 Å². The summed E-state index contributed by atoms with van der Waals surface area (Å²) in [5.41, 5.74) is 0.879. The lowest BCUT2D eigenvalue weighted by Gasteiger charge is -2.41. The van der Waals surface area contributed by atoms with Crippen LogP contribution in [0, 0.1) is 11.3 Å². The van der Waals surface area contributed by atoms with Gasteiger partial charge in [0.2, 0.25) is 5.91 Å². The summed E-state index contributed by atoms with van der Waals surface area (Å²) in [4.78, 5) is 17.1. The van der Waals surface area contributed by atoms with E-state index in [4.69, 9.17) is 0 Å². The molecule has 0 spiro atoms. The van der Waals surface area contributed by atoms with Crippen LogP contribution in [0.1, 0.15) is 86.5 Å². The lowest BCUT2D eigenvalue weighted by molar-refractivity contribution is -0.127. The highest BCUT2D eigenvalue weighted by Gasteiger charge is 2.37. The Balaban J connectivity index is 5.47. The first-order valence-corrected chi connectivity index (χ1v) is 10.3. The number of rotatable bonds is 13. The van der Waals surface area contributed by atoms with Crippen LogP contribution in [-0.4, -0.2) is 24.7 Å². The molecule has 0 aromatic rings. The van der Waals surface area contributed by atoms with Gasteiger partial charge in [0, 0.05) is 24.7 Å². The predicted molar refractivity (Wildman–Crippen MR) is 116 cm³/mol. The largest absolute Gasteiger partial charge is 0.351 e. The number of nitrogens with zero attached hydrogens (tertiary/aromatic N) is 1. The summed E-state index contributed by atoms with van der Waals surface area (Å²) in [6, 6.07) is 0. The van der Waals surface area contributed by atoms with Crippen LogP contribution < -0.4 is 5.32 Å². The first kappa shape index (κ1) is 24.6. The van der Waals surface area contributed by atoms with Crippen LogP contribution >= 0.6 is 0 Å². The quantitative estimate of drug-likeness (QED) is 0.312. The molecule has 0 aromatic heterocycles. The number of hydrogen-bond acceptors (Lipinski definition) is 2. The summed E-state index contributed by atoms with van der Waals surface area (Å²) in [6.07, 6.45) is 12.7. The fraction of sp³-hybridized carbons (Fsp3) is 0.739. The summed E-state index contributed by atoms with van der Waals surface area (Å²) in [5.74, 6) is 0.330. The Kier molecular flexibility index (Phi) is 11.4. The molecule has 0 aromatic carbocycles. The molecule has 0 saturated carbocycles. The molecule has 1 N–H and O–H groups in total. The zero-order valence-electron chi connectivity index (χ0n) is 18.3. The molecule has 0 aliphatic rings. The Morgan fingerprint density at radius 1 is 1.19 bits per heavy atom. The molecule has 26 heavy (non-hydrogen) atoms. The van der Waals surface area contributed by atoms with Gasteiger partial charge in [-0.15, -0.1) is 0 Å². The molecule has 3 nitrogen and oxygen atoms in total. The number of aliphatic imine (C=N–C) groups is 1. The van der Waals surface area contributed by atoms with Crippen molar-refractivity contribution in [3.63, 3.8) is 0 Å². The van der Waals surface area contributed by atoms with E-state index in [9.17, 15) is 4.79 Å². The Morgan fingerprint density at radius 3 is 2.27 bits per heavy atom. The maximum absolute atomic E-state index is 12.9. The van der Waals surface area contributed by atoms with Crippen molar-refractivity contribution in [2.24, 2.45) is 16.3 Å². The molecule has 0 heterocycles. The van der Waals surface area contributed by atoms with Crippen molar-refractivity contribution >= 4 is 12.1 Å². The molecule has 1 amide bonds. The number of nitrogens with one attached hydrogen (secondary N) is 1. The number of hydrogen-bond donors (Lipinski definition) is 1. The minimum Gasteiger partial charge on any atom is -0.351 e. The first-order chi connectivity index (χ1) is 12.3. The van der Waals surface area contributed by atoms with Gasteiger partial charge in [-0.05, 0) is 50.0 Å². The Bertz CT molecular complexity index is 494. The van der Waals surface area contributed by atoms with Crippen LogP contribution in [0.5, 0.6) is 0 Å². The van der Waals surface area contributed by atoms with Gasteiger partial charge in [-0.2, -0.15) is 0 Å². The van der Waals surface area contributed by atoms with E-state index in [0.29, 0.717) is 0 Å². The maximum atomic E-state index is 12.9. The second-order valence-electron chi connectivity index (χ2n) is 7.99. The molecule has 3 unspecified atom stereocenters. The number of unbranched alkanes of at least 4 members (excludes halogenated alkanes) is 1. The molecular formula is C23H42N2O. The average Bonchev–Trinajstić information content (AvgIpc) is 2.61. The third-order valence-electron chi connectivity index (χ3n) is 5.80. The van der Waals surface area contributed by atoms with Crippen molar-refractivity contribution in [1.82, 2.24) is 5.32 Å². The van der Waals surface area contributed by atoms with E-state index in [1.165, 1.54) is 5.57 Å². The SMILES string of the molecule is C=C/C=C(\C=NC)C(C)(CC)CC(C)(CC)NC(=O)C(CC)CCCC. The number of carbonyl (C=O) groups is 1. The summed E-state index contributed by atoms with van der Waals surface area (Å²) in [7, 11) is 1.80. The summed E-state index contributed by atoms with van der Waals surface area (Å²) in [5, 5.41) is 3.40. The molecule has 0 aliphatic heterocycles. The summed E-state index contributed by atoms with van der Waals surface area (Å²) < 4.78 is 0. The van der Waals surface area contributed by atoms with Gasteiger partial charge in [-0.3, -0.25) is 9.79 Å². The third kappa shape index (κ3) is 7.47. The molecule has 0 fully saturated rings. The van der Waals surface area contributed by atoms with E-state index >= 15 is 0 Å². The second kappa shape index (κ2) is 12.1. The van der Waals surface area contributed by atoms with Crippen LogP contribution in [0.2, 0.25) is 0 Å². The Hall–Kier alpha value is -1.38. The van der Waals surface area contributed by atoms with Gasteiger partial charge in [0.1, 0.15) is 0 Å². The minimum atomic E-state index is -0.233. The average molecular weight is 363 g/mol. The van der Waals surface area contributed by atoms with E-state index in [-0.39, 0.29) is 22.8 Å². The van der Waals surface area contributed by atoms with Gasteiger partial charge in [-0.25, -0.2) is 0 Å². The molecule has 0 radical (unpaired) electrons. The molecule has 3 atom stereocenters. The van der Waals surface area contributed by atoms with Crippen molar-refractivity contribution in [3.8, 4) is 0 Å². The monoisotopic (exact) mass is 362 g/mol. The smallest absolute Gasteiger partial charge is 0.223 e. The molecule has 0 rings (SSSR count). The fourth-order valence-corrected chi connectivity index (χ4v) is 3.59. The van der Waals surface area contributed by atoms with Crippen molar-refractivity contribution in [2.75, 3.05) is 7.05 Å². The fourth-order valence-electron chi connectivity index (χ4n) is 3.59. The minimum absolute atomic E-state index is 0.0587. The van der Waals surface area contributed by atoms with Crippen molar-refractivity contribution in [2.45, 2.75) is 92.0 Å². The van der Waals surface area contributed by atoms with Crippen LogP contribution in [-0.2, 0) is 4.79 Å². The van der Waals surface area contributed by atoms with Crippen molar-refractivity contribution in [3.05, 3.63) is 24.3 Å². The standard InChI is InChI=1S/C23H42N2O/c1-9-14-16-19(11-3)21(26)25-23(7,13-5)18-22(6,12-4)20(15-10-2)17-24-8/h10,15,17,19H,2,9,11-14,16,18H2,1,3-8H3,(H,25,26)/b20-15+,24-17?. The first-order valence-electron chi connectivity index (χ1n) is 10.3. The van der Waals surface area contributed by atoms with E-state index < -0.39 is 0 Å². The normalized spacial score (nSPS) is 18.2. The van der Waals surface area contributed by atoms with Gasteiger partial charge in [0.05, 0.1) is 0 Å². The summed E-state index contributed by atoms with van der Waals surface area (Å²) in [6.45, 7) is 16.9. The lowest BCUT2D eigenvalue weighted by atomic mass is 9.70. The van der Waals surface area contributed by atoms with Gasteiger partial charge in [0.15, 0.2) is 0 Å². The Labute approximate surface area is 162 Å². The predicted octanol–water partition coefficient (Wildman–Crippen LogP) is 6.11. The molecule has 0 saturated heterocycles. The Morgan fingerprint density at radius 2 is 1.85 bits per heavy atom. The number of amides is 1. The van der Waals surface area contributed by atoms with Crippen LogP contribution in [0.4, 0.5) is 0 Å². The van der Waals surface area contributed by atoms with Gasteiger partial charge in [-0.1, -0.05) is 66.2 Å². The molecule has 3 heteroatoms. The van der Waals surface area contributed by atoms with Gasteiger partial charge in [0.25, 0.3) is 0 Å². The second-order valence-corrected chi connectivity index (χ2v) is 7.99. The highest BCUT2D eigenvalue weighted by Crippen LogP contribution is 2.39. The molecular weight excluding hydrogens is 320 g/mol. The lowest BCUT2D eigenvalue weighted by Crippen LogP contribution is -2.50. The van der Waals surface area contributed by atoms with Crippen molar-refractivity contribution in [1.29, 1.82) is 0 Å².